The Labute approximate surface area is 110 Å². The minimum absolute atomic E-state index is 0.158. The Morgan fingerprint density at radius 2 is 1.89 bits per heavy atom. The van der Waals surface area contributed by atoms with Gasteiger partial charge in [0.1, 0.15) is 5.75 Å². The van der Waals surface area contributed by atoms with Crippen molar-refractivity contribution in [1.29, 1.82) is 0 Å². The van der Waals surface area contributed by atoms with E-state index in [1.807, 2.05) is 0 Å². The molecule has 18 heavy (non-hydrogen) atoms. The van der Waals surface area contributed by atoms with Crippen LogP contribution in [0.5, 0.6) is 0 Å². The number of sulfone groups is 1. The van der Waals surface area contributed by atoms with E-state index in [1.165, 1.54) is 6.07 Å². The molecule has 0 atom stereocenters. The van der Waals surface area contributed by atoms with Crippen LogP contribution in [0, 0.1) is 0 Å². The van der Waals surface area contributed by atoms with Gasteiger partial charge >= 0.3 is 6.18 Å². The fourth-order valence-electron chi connectivity index (χ4n) is 1.31. The Kier molecular flexibility index (Phi) is 4.22. The first kappa shape index (κ1) is 15.2. The highest BCUT2D eigenvalue weighted by atomic mass is 79.9. The lowest BCUT2D eigenvalue weighted by molar-refractivity contribution is -0.137. The van der Waals surface area contributed by atoms with Gasteiger partial charge in [-0.15, -0.1) is 0 Å². The second-order valence-corrected chi connectivity index (χ2v) is 6.74. The molecule has 0 aliphatic rings. The number of Topliss-reactive ketones (excluding diaryl/α,β-unsaturated/α-hetero) is 1. The van der Waals surface area contributed by atoms with Crippen LogP contribution < -0.4 is 0 Å². The molecule has 8 heteroatoms. The number of rotatable bonds is 3. The van der Waals surface area contributed by atoms with Gasteiger partial charge in [0, 0.05) is 16.3 Å². The molecule has 0 aliphatic heterocycles. The molecule has 0 spiro atoms. The zero-order valence-electron chi connectivity index (χ0n) is 9.08. The van der Waals surface area contributed by atoms with E-state index in [-0.39, 0.29) is 4.47 Å². The Morgan fingerprint density at radius 3 is 2.33 bits per heavy atom. The largest absolute Gasteiger partial charge is 0.417 e. The Hall–Kier alpha value is -0.890. The molecule has 0 aromatic heterocycles. The molecule has 0 radical (unpaired) electrons. The van der Waals surface area contributed by atoms with Crippen molar-refractivity contribution in [3.8, 4) is 0 Å². The summed E-state index contributed by atoms with van der Waals surface area (Å²) >= 11 is 2.87. The molecule has 0 saturated heterocycles. The summed E-state index contributed by atoms with van der Waals surface area (Å²) in [5.74, 6) is -2.02. The van der Waals surface area contributed by atoms with Crippen LogP contribution in [-0.4, -0.2) is 26.2 Å². The fourth-order valence-corrected chi connectivity index (χ4v) is 2.30. The molecular formula is C10H8BrF3O3S. The minimum atomic E-state index is -4.72. The monoisotopic (exact) mass is 344 g/mol. The van der Waals surface area contributed by atoms with Crippen molar-refractivity contribution in [1.82, 2.24) is 0 Å². The molecule has 0 saturated carbocycles. The lowest BCUT2D eigenvalue weighted by atomic mass is 10.0. The summed E-state index contributed by atoms with van der Waals surface area (Å²) in [4.78, 5) is 11.5. The highest BCUT2D eigenvalue weighted by molar-refractivity contribution is 9.10. The van der Waals surface area contributed by atoms with Crippen LogP contribution in [-0.2, 0) is 16.0 Å². The molecule has 0 bridgehead atoms. The number of hydrogen-bond acceptors (Lipinski definition) is 3. The summed E-state index contributed by atoms with van der Waals surface area (Å²) in [7, 11) is -3.67. The van der Waals surface area contributed by atoms with Gasteiger partial charge in [0.2, 0.25) is 0 Å². The topological polar surface area (TPSA) is 51.2 Å². The molecule has 1 rings (SSSR count). The van der Waals surface area contributed by atoms with Crippen LogP contribution in [0.25, 0.3) is 0 Å². The fraction of sp³-hybridized carbons (Fsp3) is 0.300. The number of benzene rings is 1. The lowest BCUT2D eigenvalue weighted by Gasteiger charge is -2.12. The first-order chi connectivity index (χ1) is 8.00. The van der Waals surface area contributed by atoms with Crippen LogP contribution in [0.15, 0.2) is 22.7 Å². The minimum Gasteiger partial charge on any atom is -0.293 e. The summed E-state index contributed by atoms with van der Waals surface area (Å²) in [5.41, 5.74) is -1.79. The van der Waals surface area contributed by atoms with E-state index < -0.39 is 38.7 Å². The van der Waals surface area contributed by atoms with E-state index in [0.29, 0.717) is 0 Å². The zero-order valence-corrected chi connectivity index (χ0v) is 11.5. The SMILES string of the molecule is CS(=O)(=O)CC(=O)c1ccc(Br)cc1C(F)(F)F. The number of alkyl halides is 3. The molecular weight excluding hydrogens is 337 g/mol. The Balaban J connectivity index is 3.29. The molecule has 0 heterocycles. The van der Waals surface area contributed by atoms with Crippen molar-refractivity contribution in [3.05, 3.63) is 33.8 Å². The van der Waals surface area contributed by atoms with Gasteiger partial charge in [0.05, 0.1) is 5.56 Å². The first-order valence-corrected chi connectivity index (χ1v) is 7.44. The first-order valence-electron chi connectivity index (χ1n) is 4.58. The van der Waals surface area contributed by atoms with E-state index in [9.17, 15) is 26.4 Å². The van der Waals surface area contributed by atoms with E-state index in [1.54, 1.807) is 0 Å². The maximum Gasteiger partial charge on any atom is 0.417 e. The molecule has 0 aliphatic carbocycles. The van der Waals surface area contributed by atoms with Gasteiger partial charge in [-0.1, -0.05) is 15.9 Å². The number of halogens is 4. The van der Waals surface area contributed by atoms with E-state index in [0.717, 1.165) is 18.4 Å². The van der Waals surface area contributed by atoms with E-state index in [4.69, 9.17) is 0 Å². The van der Waals surface area contributed by atoms with E-state index >= 15 is 0 Å². The van der Waals surface area contributed by atoms with Gasteiger partial charge < -0.3 is 0 Å². The molecule has 0 unspecified atom stereocenters. The van der Waals surface area contributed by atoms with Crippen LogP contribution in [0.2, 0.25) is 0 Å². The van der Waals surface area contributed by atoms with Gasteiger partial charge in [0.25, 0.3) is 0 Å². The third-order valence-electron chi connectivity index (χ3n) is 1.98. The van der Waals surface area contributed by atoms with Crippen molar-refractivity contribution in [2.45, 2.75) is 6.18 Å². The van der Waals surface area contributed by atoms with Crippen LogP contribution in [0.3, 0.4) is 0 Å². The average molecular weight is 345 g/mol. The third-order valence-corrected chi connectivity index (χ3v) is 3.26. The number of ketones is 1. The molecule has 3 nitrogen and oxygen atoms in total. The van der Waals surface area contributed by atoms with Crippen molar-refractivity contribution in [3.63, 3.8) is 0 Å². The molecule has 100 valence electrons. The number of carbonyl (C=O) groups excluding carboxylic acids is 1. The molecule has 0 fully saturated rings. The second kappa shape index (κ2) is 5.00. The van der Waals surface area contributed by atoms with Gasteiger partial charge in [0.15, 0.2) is 15.6 Å². The maximum absolute atomic E-state index is 12.7. The number of hydrogen-bond donors (Lipinski definition) is 0. The third kappa shape index (κ3) is 4.09. The summed E-state index contributed by atoms with van der Waals surface area (Å²) < 4.78 is 60.1. The van der Waals surface area contributed by atoms with Gasteiger partial charge in [-0.05, 0) is 18.2 Å². The highest BCUT2D eigenvalue weighted by Gasteiger charge is 2.35. The van der Waals surface area contributed by atoms with Gasteiger partial charge in [-0.2, -0.15) is 13.2 Å². The van der Waals surface area contributed by atoms with Crippen molar-refractivity contribution in [2.24, 2.45) is 0 Å². The summed E-state index contributed by atoms with van der Waals surface area (Å²) in [5, 5.41) is 0. The normalized spacial score (nSPS) is 12.5. The molecule has 1 aromatic rings. The van der Waals surface area contributed by atoms with Gasteiger partial charge in [-0.25, -0.2) is 8.42 Å². The highest BCUT2D eigenvalue weighted by Crippen LogP contribution is 2.34. The second-order valence-electron chi connectivity index (χ2n) is 3.68. The lowest BCUT2D eigenvalue weighted by Crippen LogP contribution is -2.19. The van der Waals surface area contributed by atoms with Gasteiger partial charge in [-0.3, -0.25) is 4.79 Å². The molecule has 1 aromatic carbocycles. The van der Waals surface area contributed by atoms with Crippen LogP contribution in [0.1, 0.15) is 15.9 Å². The maximum atomic E-state index is 12.7. The van der Waals surface area contributed by atoms with Crippen molar-refractivity contribution in [2.75, 3.05) is 12.0 Å². The van der Waals surface area contributed by atoms with E-state index in [2.05, 4.69) is 15.9 Å². The molecule has 0 N–H and O–H groups in total. The summed E-state index contributed by atoms with van der Waals surface area (Å²) in [6, 6.07) is 2.96. The predicted molar refractivity (Wildman–Crippen MR) is 63.2 cm³/mol. The molecule has 0 amide bonds. The van der Waals surface area contributed by atoms with Crippen molar-refractivity contribution >= 4 is 31.6 Å². The number of carbonyl (C=O) groups is 1. The smallest absolute Gasteiger partial charge is 0.293 e. The standard InChI is InChI=1S/C10H8BrF3O3S/c1-18(16,17)5-9(15)7-3-2-6(11)4-8(7)10(12,13)14/h2-4H,5H2,1H3. The average Bonchev–Trinajstić information content (AvgIpc) is 2.13. The van der Waals surface area contributed by atoms with Crippen LogP contribution >= 0.6 is 15.9 Å². The Bertz CT molecular complexity index is 579. The quantitative estimate of drug-likeness (QED) is 0.792. The van der Waals surface area contributed by atoms with Crippen LogP contribution in [0.4, 0.5) is 13.2 Å². The van der Waals surface area contributed by atoms with Crippen molar-refractivity contribution < 1.29 is 26.4 Å². The summed E-state index contributed by atoms with van der Waals surface area (Å²) in [6.07, 6.45) is -3.93. The zero-order chi connectivity index (χ0) is 14.1. The summed E-state index contributed by atoms with van der Waals surface area (Å²) in [6.45, 7) is 0. The predicted octanol–water partition coefficient (Wildman–Crippen LogP) is 2.70. The Morgan fingerprint density at radius 1 is 1.33 bits per heavy atom.